The zero-order chi connectivity index (χ0) is 20.7. The molecule has 5 aromatic rings. The summed E-state index contributed by atoms with van der Waals surface area (Å²) < 4.78 is 1.90. The first-order valence-corrected chi connectivity index (χ1v) is 9.91. The lowest BCUT2D eigenvalue weighted by molar-refractivity contribution is 0.457. The quantitative estimate of drug-likeness (QED) is 0.466. The molecule has 0 saturated heterocycles. The number of hydrogen-bond acceptors (Lipinski definition) is 4. The summed E-state index contributed by atoms with van der Waals surface area (Å²) in [4.78, 5) is 2.07. The Morgan fingerprint density at radius 3 is 2.37 bits per heavy atom. The van der Waals surface area contributed by atoms with Gasteiger partial charge in [-0.15, -0.1) is 5.10 Å². The van der Waals surface area contributed by atoms with Crippen molar-refractivity contribution < 1.29 is 5.11 Å². The Hall–Kier alpha value is -3.86. The predicted octanol–water partition coefficient (Wildman–Crippen LogP) is 4.99. The van der Waals surface area contributed by atoms with Crippen LogP contribution < -0.4 is 4.90 Å². The van der Waals surface area contributed by atoms with Crippen molar-refractivity contribution in [3.8, 4) is 5.75 Å². The van der Waals surface area contributed by atoms with Crippen LogP contribution in [0.15, 0.2) is 84.9 Å². The predicted molar refractivity (Wildman–Crippen MR) is 121 cm³/mol. The molecule has 0 fully saturated rings. The van der Waals surface area contributed by atoms with E-state index >= 15 is 0 Å². The lowest BCUT2D eigenvalue weighted by Gasteiger charge is -2.23. The summed E-state index contributed by atoms with van der Waals surface area (Å²) >= 11 is 0. The van der Waals surface area contributed by atoms with E-state index in [2.05, 4.69) is 45.5 Å². The molecular formula is C25H22N4O. The van der Waals surface area contributed by atoms with Crippen molar-refractivity contribution in [1.82, 2.24) is 15.0 Å². The SMILES string of the molecule is CN(C)c1ccc(C(c2c(O)ccc3ccccc23)n2nnc3ccccc32)cc1. The largest absolute Gasteiger partial charge is 0.508 e. The second-order valence-electron chi connectivity index (χ2n) is 7.63. The normalized spacial score (nSPS) is 12.3. The number of fused-ring (bicyclic) bond motifs is 2. The standard InChI is InChI=1S/C25H22N4O/c1-28(2)19-14-11-18(12-15-19)25(29-22-10-6-5-9-21(22)26-27-29)24-20-8-4-3-7-17(20)13-16-23(24)30/h3-16,25,30H,1-2H3. The first kappa shape index (κ1) is 18.2. The first-order chi connectivity index (χ1) is 14.6. The van der Waals surface area contributed by atoms with Crippen molar-refractivity contribution in [1.29, 1.82) is 0 Å². The number of phenols is 1. The summed E-state index contributed by atoms with van der Waals surface area (Å²) in [7, 11) is 4.04. The van der Waals surface area contributed by atoms with E-state index in [9.17, 15) is 5.11 Å². The van der Waals surface area contributed by atoms with Gasteiger partial charge >= 0.3 is 0 Å². The fourth-order valence-corrected chi connectivity index (χ4v) is 4.03. The lowest BCUT2D eigenvalue weighted by Crippen LogP contribution is -2.15. The highest BCUT2D eigenvalue weighted by Gasteiger charge is 2.25. The van der Waals surface area contributed by atoms with Gasteiger partial charge < -0.3 is 10.0 Å². The Labute approximate surface area is 174 Å². The molecule has 1 heterocycles. The van der Waals surface area contributed by atoms with E-state index in [1.165, 1.54) is 0 Å². The molecule has 148 valence electrons. The molecule has 30 heavy (non-hydrogen) atoms. The fraction of sp³-hybridized carbons (Fsp3) is 0.120. The van der Waals surface area contributed by atoms with Gasteiger partial charge in [0.15, 0.2) is 0 Å². The van der Waals surface area contributed by atoms with Crippen LogP contribution >= 0.6 is 0 Å². The molecule has 5 rings (SSSR count). The van der Waals surface area contributed by atoms with Crippen LogP contribution in [0.4, 0.5) is 5.69 Å². The third-order valence-electron chi connectivity index (χ3n) is 5.57. The van der Waals surface area contributed by atoms with Gasteiger partial charge in [-0.1, -0.05) is 59.8 Å². The highest BCUT2D eigenvalue weighted by atomic mass is 16.3. The number of aromatic nitrogens is 3. The van der Waals surface area contributed by atoms with Gasteiger partial charge in [0, 0.05) is 25.3 Å². The van der Waals surface area contributed by atoms with Crippen LogP contribution in [0.1, 0.15) is 17.2 Å². The molecule has 0 aliphatic heterocycles. The van der Waals surface area contributed by atoms with Gasteiger partial charge in [-0.3, -0.25) is 0 Å². The van der Waals surface area contributed by atoms with Gasteiger partial charge in [-0.2, -0.15) is 0 Å². The van der Waals surface area contributed by atoms with Gasteiger partial charge in [0.1, 0.15) is 17.3 Å². The van der Waals surface area contributed by atoms with Crippen LogP contribution in [0.3, 0.4) is 0 Å². The van der Waals surface area contributed by atoms with E-state index in [0.717, 1.165) is 38.6 Å². The highest BCUT2D eigenvalue weighted by Crippen LogP contribution is 2.39. The van der Waals surface area contributed by atoms with E-state index < -0.39 is 0 Å². The average molecular weight is 394 g/mol. The monoisotopic (exact) mass is 394 g/mol. The molecule has 0 spiro atoms. The zero-order valence-corrected chi connectivity index (χ0v) is 16.9. The van der Waals surface area contributed by atoms with Crippen molar-refractivity contribution in [2.75, 3.05) is 19.0 Å². The summed E-state index contributed by atoms with van der Waals surface area (Å²) in [5.74, 6) is 0.245. The summed E-state index contributed by atoms with van der Waals surface area (Å²) in [6.07, 6.45) is 0. The smallest absolute Gasteiger partial charge is 0.121 e. The number of phenolic OH excluding ortho intramolecular Hbond substituents is 1. The van der Waals surface area contributed by atoms with Gasteiger partial charge in [-0.05, 0) is 46.7 Å². The van der Waals surface area contributed by atoms with Gasteiger partial charge in [0.05, 0.1) is 5.52 Å². The maximum Gasteiger partial charge on any atom is 0.121 e. The maximum atomic E-state index is 11.0. The van der Waals surface area contributed by atoms with Crippen LogP contribution in [0.5, 0.6) is 5.75 Å². The van der Waals surface area contributed by atoms with E-state index in [-0.39, 0.29) is 11.8 Å². The minimum absolute atomic E-state index is 0.245. The van der Waals surface area contributed by atoms with Crippen molar-refractivity contribution >= 4 is 27.5 Å². The lowest BCUT2D eigenvalue weighted by atomic mass is 9.92. The molecule has 0 radical (unpaired) electrons. The topological polar surface area (TPSA) is 54.2 Å². The molecule has 0 amide bonds. The Kier molecular flexibility index (Phi) is 4.36. The van der Waals surface area contributed by atoms with Crippen LogP contribution in [0, 0.1) is 0 Å². The van der Waals surface area contributed by atoms with Gasteiger partial charge in [-0.25, -0.2) is 4.68 Å². The van der Waals surface area contributed by atoms with E-state index in [1.807, 2.05) is 67.3 Å². The Morgan fingerprint density at radius 1 is 0.833 bits per heavy atom. The van der Waals surface area contributed by atoms with Crippen LogP contribution in [-0.2, 0) is 0 Å². The molecule has 5 heteroatoms. The minimum Gasteiger partial charge on any atom is -0.508 e. The van der Waals surface area contributed by atoms with Crippen molar-refractivity contribution in [2.45, 2.75) is 6.04 Å². The Morgan fingerprint density at radius 2 is 1.57 bits per heavy atom. The summed E-state index contributed by atoms with van der Waals surface area (Å²) in [5, 5.41) is 21.9. The number of nitrogens with zero attached hydrogens (tertiary/aromatic N) is 4. The Balaban J connectivity index is 1.81. The molecule has 0 aliphatic rings. The number of para-hydroxylation sites is 1. The molecule has 1 unspecified atom stereocenters. The number of anilines is 1. The van der Waals surface area contributed by atoms with E-state index in [1.54, 1.807) is 6.07 Å². The van der Waals surface area contributed by atoms with Crippen molar-refractivity contribution in [3.05, 3.63) is 96.1 Å². The molecule has 0 saturated carbocycles. The Bertz CT molecular complexity index is 1340. The number of rotatable bonds is 4. The molecule has 1 N–H and O–H groups in total. The molecule has 1 atom stereocenters. The summed E-state index contributed by atoms with van der Waals surface area (Å²) in [5.41, 5.74) is 4.71. The first-order valence-electron chi connectivity index (χ1n) is 9.91. The fourth-order valence-electron chi connectivity index (χ4n) is 4.03. The third kappa shape index (κ3) is 2.95. The second kappa shape index (κ2) is 7.19. The zero-order valence-electron chi connectivity index (χ0n) is 16.9. The van der Waals surface area contributed by atoms with Crippen molar-refractivity contribution in [2.24, 2.45) is 0 Å². The molecule has 0 bridgehead atoms. The third-order valence-corrected chi connectivity index (χ3v) is 5.57. The molecule has 4 aromatic carbocycles. The van der Waals surface area contributed by atoms with Crippen LogP contribution in [0.2, 0.25) is 0 Å². The summed E-state index contributed by atoms with van der Waals surface area (Å²) in [6, 6.07) is 27.8. The molecule has 0 aliphatic carbocycles. The second-order valence-corrected chi connectivity index (χ2v) is 7.63. The molecule has 1 aromatic heterocycles. The minimum atomic E-state index is -0.320. The van der Waals surface area contributed by atoms with E-state index in [4.69, 9.17) is 0 Å². The van der Waals surface area contributed by atoms with Crippen LogP contribution in [-0.4, -0.2) is 34.2 Å². The highest BCUT2D eigenvalue weighted by molar-refractivity contribution is 5.89. The van der Waals surface area contributed by atoms with Gasteiger partial charge in [0.25, 0.3) is 0 Å². The van der Waals surface area contributed by atoms with E-state index in [0.29, 0.717) is 0 Å². The van der Waals surface area contributed by atoms with Gasteiger partial charge in [0.2, 0.25) is 0 Å². The van der Waals surface area contributed by atoms with Crippen LogP contribution in [0.25, 0.3) is 21.8 Å². The summed E-state index contributed by atoms with van der Waals surface area (Å²) in [6.45, 7) is 0. The molecule has 5 nitrogen and oxygen atoms in total. The maximum absolute atomic E-state index is 11.0. The van der Waals surface area contributed by atoms with Crippen molar-refractivity contribution in [3.63, 3.8) is 0 Å². The average Bonchev–Trinajstić information content (AvgIpc) is 3.20. The molecular weight excluding hydrogens is 372 g/mol. The number of hydrogen-bond donors (Lipinski definition) is 1. The number of benzene rings is 4. The number of aromatic hydroxyl groups is 1.